The van der Waals surface area contributed by atoms with E-state index in [-0.39, 0.29) is 0 Å². The van der Waals surface area contributed by atoms with Gasteiger partial charge in [-0.25, -0.2) is 0 Å². The van der Waals surface area contributed by atoms with E-state index in [9.17, 15) is 0 Å². The predicted octanol–water partition coefficient (Wildman–Crippen LogP) is 5.52. The van der Waals surface area contributed by atoms with Gasteiger partial charge in [0, 0.05) is 0 Å². The van der Waals surface area contributed by atoms with Crippen LogP contribution in [0, 0.1) is 23.2 Å². The molecule has 0 fully saturated rings. The molecule has 0 N–H and O–H groups in total. The fraction of sp³-hybridized carbons (Fsp3) is 1.00. The van der Waals surface area contributed by atoms with Gasteiger partial charge >= 0.3 is 0 Å². The highest BCUT2D eigenvalue weighted by molar-refractivity contribution is 4.85. The van der Waals surface area contributed by atoms with Crippen molar-refractivity contribution in [3.05, 3.63) is 0 Å². The molecule has 0 aromatic heterocycles. The third kappa shape index (κ3) is 3.50. The van der Waals surface area contributed by atoms with Gasteiger partial charge in [-0.3, -0.25) is 0 Å². The summed E-state index contributed by atoms with van der Waals surface area (Å²) >= 11 is 0. The molecule has 15 heavy (non-hydrogen) atoms. The monoisotopic (exact) mass is 212 g/mol. The average molecular weight is 212 g/mol. The molecule has 0 heterocycles. The van der Waals surface area contributed by atoms with Crippen molar-refractivity contribution in [1.29, 1.82) is 0 Å². The van der Waals surface area contributed by atoms with Crippen molar-refractivity contribution in [2.24, 2.45) is 23.2 Å². The van der Waals surface area contributed by atoms with Crippen LogP contribution in [-0.2, 0) is 0 Å². The van der Waals surface area contributed by atoms with Crippen molar-refractivity contribution in [2.75, 3.05) is 0 Å². The summed E-state index contributed by atoms with van der Waals surface area (Å²) in [5, 5.41) is 0. The summed E-state index contributed by atoms with van der Waals surface area (Å²) in [5.74, 6) is 2.56. The van der Waals surface area contributed by atoms with Gasteiger partial charge in [0.2, 0.25) is 0 Å². The largest absolute Gasteiger partial charge is 0.0654 e. The van der Waals surface area contributed by atoms with E-state index in [2.05, 4.69) is 48.5 Å². The molecule has 0 nitrogen and oxygen atoms in total. The minimum absolute atomic E-state index is 0.533. The van der Waals surface area contributed by atoms with Crippen LogP contribution in [0.25, 0.3) is 0 Å². The molecule has 0 saturated heterocycles. The van der Waals surface area contributed by atoms with Crippen LogP contribution in [0.3, 0.4) is 0 Å². The van der Waals surface area contributed by atoms with E-state index in [4.69, 9.17) is 0 Å². The first-order chi connectivity index (χ1) is 6.93. The molecule has 0 rings (SSSR count). The van der Waals surface area contributed by atoms with Gasteiger partial charge in [0.25, 0.3) is 0 Å². The molecule has 0 aliphatic heterocycles. The van der Waals surface area contributed by atoms with Gasteiger partial charge < -0.3 is 0 Å². The standard InChI is InChI=1S/C15H32/c1-8-11-13(5)15(7,10-3)14(6)12(4)9-2/h12-14H,8-11H2,1-7H3. The molecule has 92 valence electrons. The maximum Gasteiger partial charge on any atom is -0.0275 e. The zero-order chi connectivity index (χ0) is 12.1. The molecular weight excluding hydrogens is 180 g/mol. The Morgan fingerprint density at radius 2 is 1.53 bits per heavy atom. The molecule has 0 bridgehead atoms. The zero-order valence-electron chi connectivity index (χ0n) is 12.1. The van der Waals surface area contributed by atoms with E-state index in [0.29, 0.717) is 5.41 Å². The first-order valence-corrected chi connectivity index (χ1v) is 6.93. The van der Waals surface area contributed by atoms with Crippen molar-refractivity contribution in [3.63, 3.8) is 0 Å². The summed E-state index contributed by atoms with van der Waals surface area (Å²) in [4.78, 5) is 0. The number of hydrogen-bond acceptors (Lipinski definition) is 0. The third-order valence-corrected chi connectivity index (χ3v) is 5.15. The Morgan fingerprint density at radius 3 is 1.87 bits per heavy atom. The zero-order valence-corrected chi connectivity index (χ0v) is 12.1. The Morgan fingerprint density at radius 1 is 1.00 bits per heavy atom. The van der Waals surface area contributed by atoms with Crippen LogP contribution in [0.15, 0.2) is 0 Å². The summed E-state index contributed by atoms with van der Waals surface area (Å²) in [6.07, 6.45) is 5.34. The Kier molecular flexibility index (Phi) is 6.55. The van der Waals surface area contributed by atoms with Gasteiger partial charge in [0.1, 0.15) is 0 Å². The van der Waals surface area contributed by atoms with Crippen molar-refractivity contribution in [2.45, 2.75) is 74.1 Å². The van der Waals surface area contributed by atoms with Gasteiger partial charge in [-0.15, -0.1) is 0 Å². The lowest BCUT2D eigenvalue weighted by molar-refractivity contribution is 0.0627. The van der Waals surface area contributed by atoms with Crippen LogP contribution in [0.4, 0.5) is 0 Å². The van der Waals surface area contributed by atoms with E-state index in [0.717, 1.165) is 17.8 Å². The molecule has 0 heteroatoms. The smallest absolute Gasteiger partial charge is 0.0275 e. The normalized spacial score (nSPS) is 21.8. The van der Waals surface area contributed by atoms with Crippen LogP contribution in [0.5, 0.6) is 0 Å². The van der Waals surface area contributed by atoms with Crippen LogP contribution < -0.4 is 0 Å². The minimum Gasteiger partial charge on any atom is -0.0654 e. The second-order valence-corrected chi connectivity index (χ2v) is 5.72. The molecule has 0 aromatic rings. The highest BCUT2D eigenvalue weighted by atomic mass is 14.4. The molecule has 0 aliphatic rings. The summed E-state index contributed by atoms with van der Waals surface area (Å²) in [5.41, 5.74) is 0.533. The van der Waals surface area contributed by atoms with Gasteiger partial charge in [-0.1, -0.05) is 74.1 Å². The summed E-state index contributed by atoms with van der Waals surface area (Å²) < 4.78 is 0. The summed E-state index contributed by atoms with van der Waals surface area (Å²) in [6.45, 7) is 16.8. The molecule has 0 aliphatic carbocycles. The number of hydrogen-bond donors (Lipinski definition) is 0. The lowest BCUT2D eigenvalue weighted by Crippen LogP contribution is -2.35. The number of rotatable bonds is 7. The second-order valence-electron chi connectivity index (χ2n) is 5.72. The summed E-state index contributed by atoms with van der Waals surface area (Å²) in [6, 6.07) is 0. The van der Waals surface area contributed by atoms with Gasteiger partial charge in [0.15, 0.2) is 0 Å². The molecular formula is C15H32. The lowest BCUT2D eigenvalue weighted by Gasteiger charge is -2.43. The van der Waals surface area contributed by atoms with E-state index in [1.54, 1.807) is 0 Å². The maximum absolute atomic E-state index is 2.50. The second kappa shape index (κ2) is 6.55. The highest BCUT2D eigenvalue weighted by Gasteiger charge is 2.36. The van der Waals surface area contributed by atoms with Crippen LogP contribution >= 0.6 is 0 Å². The lowest BCUT2D eigenvalue weighted by atomic mass is 9.62. The molecule has 0 aromatic carbocycles. The topological polar surface area (TPSA) is 0 Å². The highest BCUT2D eigenvalue weighted by Crippen LogP contribution is 2.44. The van der Waals surface area contributed by atoms with Crippen molar-refractivity contribution in [3.8, 4) is 0 Å². The fourth-order valence-electron chi connectivity index (χ4n) is 2.89. The Balaban J connectivity index is 4.66. The van der Waals surface area contributed by atoms with E-state index < -0.39 is 0 Å². The predicted molar refractivity (Wildman–Crippen MR) is 71.1 cm³/mol. The first-order valence-electron chi connectivity index (χ1n) is 6.93. The van der Waals surface area contributed by atoms with Crippen LogP contribution in [0.1, 0.15) is 74.1 Å². The quantitative estimate of drug-likeness (QED) is 0.521. The van der Waals surface area contributed by atoms with Gasteiger partial charge in [-0.05, 0) is 23.2 Å². The maximum atomic E-state index is 2.50. The van der Waals surface area contributed by atoms with Crippen LogP contribution in [-0.4, -0.2) is 0 Å². The van der Waals surface area contributed by atoms with Crippen LogP contribution in [0.2, 0.25) is 0 Å². The first kappa shape index (κ1) is 15.0. The molecule has 0 amide bonds. The summed E-state index contributed by atoms with van der Waals surface area (Å²) in [7, 11) is 0. The fourth-order valence-corrected chi connectivity index (χ4v) is 2.89. The molecule has 0 saturated carbocycles. The molecule has 4 atom stereocenters. The third-order valence-electron chi connectivity index (χ3n) is 5.15. The molecule has 0 radical (unpaired) electrons. The SMILES string of the molecule is CCCC(C)C(C)(CC)C(C)C(C)CC. The Bertz CT molecular complexity index is 161. The van der Waals surface area contributed by atoms with Crippen molar-refractivity contribution in [1.82, 2.24) is 0 Å². The van der Waals surface area contributed by atoms with Crippen molar-refractivity contribution >= 4 is 0 Å². The average Bonchev–Trinajstić information content (AvgIpc) is 2.26. The van der Waals surface area contributed by atoms with E-state index in [1.165, 1.54) is 25.7 Å². The van der Waals surface area contributed by atoms with Gasteiger partial charge in [0.05, 0.1) is 0 Å². The van der Waals surface area contributed by atoms with E-state index in [1.807, 2.05) is 0 Å². The van der Waals surface area contributed by atoms with Gasteiger partial charge in [-0.2, -0.15) is 0 Å². The van der Waals surface area contributed by atoms with E-state index >= 15 is 0 Å². The van der Waals surface area contributed by atoms with Crippen molar-refractivity contribution < 1.29 is 0 Å². The molecule has 4 unspecified atom stereocenters. The Hall–Kier alpha value is 0. The Labute approximate surface area is 97.8 Å². The minimum atomic E-state index is 0.533. The molecule has 0 spiro atoms.